The van der Waals surface area contributed by atoms with Crippen LogP contribution < -0.4 is 0 Å². The highest BCUT2D eigenvalue weighted by molar-refractivity contribution is 5.33. The standard InChI is InChI=1S/C14H22O/c1-5-12-6-13(10(2)3)8-14(7-12)11(4)9-15/h6-8,10-11,15H,5,9H2,1-4H3. The summed E-state index contributed by atoms with van der Waals surface area (Å²) >= 11 is 0. The van der Waals surface area contributed by atoms with Crippen LogP contribution >= 0.6 is 0 Å². The van der Waals surface area contributed by atoms with E-state index in [0.717, 1.165) is 6.42 Å². The molecule has 0 bridgehead atoms. The number of aliphatic hydroxyl groups is 1. The van der Waals surface area contributed by atoms with Crippen molar-refractivity contribution in [2.45, 2.75) is 46.0 Å². The van der Waals surface area contributed by atoms with Crippen molar-refractivity contribution in [2.24, 2.45) is 0 Å². The summed E-state index contributed by atoms with van der Waals surface area (Å²) in [6, 6.07) is 6.72. The molecule has 0 aliphatic carbocycles. The fourth-order valence-corrected chi connectivity index (χ4v) is 1.67. The van der Waals surface area contributed by atoms with E-state index in [9.17, 15) is 5.11 Å². The maximum absolute atomic E-state index is 9.18. The number of rotatable bonds is 4. The van der Waals surface area contributed by atoms with E-state index >= 15 is 0 Å². The van der Waals surface area contributed by atoms with E-state index in [1.807, 2.05) is 0 Å². The molecule has 15 heavy (non-hydrogen) atoms. The fourth-order valence-electron chi connectivity index (χ4n) is 1.67. The summed E-state index contributed by atoms with van der Waals surface area (Å²) < 4.78 is 0. The van der Waals surface area contributed by atoms with Crippen molar-refractivity contribution in [2.75, 3.05) is 6.61 Å². The van der Waals surface area contributed by atoms with Gasteiger partial charge in [0.05, 0.1) is 0 Å². The summed E-state index contributed by atoms with van der Waals surface area (Å²) in [5, 5.41) is 9.18. The first-order chi connectivity index (χ1) is 7.08. The second-order valence-corrected chi connectivity index (χ2v) is 4.60. The van der Waals surface area contributed by atoms with Crippen molar-refractivity contribution in [1.82, 2.24) is 0 Å². The molecule has 84 valence electrons. The molecule has 1 unspecified atom stereocenters. The maximum Gasteiger partial charge on any atom is 0.0497 e. The van der Waals surface area contributed by atoms with Crippen LogP contribution in [0.3, 0.4) is 0 Å². The normalized spacial score (nSPS) is 13.2. The Labute approximate surface area is 93.1 Å². The third-order valence-electron chi connectivity index (χ3n) is 2.96. The Balaban J connectivity index is 3.11. The summed E-state index contributed by atoms with van der Waals surface area (Å²) in [6.45, 7) is 8.89. The first-order valence-electron chi connectivity index (χ1n) is 5.83. The van der Waals surface area contributed by atoms with Gasteiger partial charge in [-0.1, -0.05) is 45.9 Å². The molecule has 1 atom stereocenters. The van der Waals surface area contributed by atoms with Gasteiger partial charge in [0.25, 0.3) is 0 Å². The van der Waals surface area contributed by atoms with Crippen LogP contribution in [0.15, 0.2) is 18.2 Å². The largest absolute Gasteiger partial charge is 0.396 e. The molecule has 1 rings (SSSR count). The minimum absolute atomic E-state index is 0.227. The zero-order valence-electron chi connectivity index (χ0n) is 10.2. The Kier molecular flexibility index (Phi) is 4.34. The number of hydrogen-bond donors (Lipinski definition) is 1. The Morgan fingerprint density at radius 3 is 2.13 bits per heavy atom. The highest BCUT2D eigenvalue weighted by Gasteiger charge is 2.08. The highest BCUT2D eigenvalue weighted by atomic mass is 16.3. The molecule has 0 aliphatic heterocycles. The van der Waals surface area contributed by atoms with Gasteiger partial charge in [0, 0.05) is 12.5 Å². The van der Waals surface area contributed by atoms with Gasteiger partial charge in [0.1, 0.15) is 0 Å². The summed E-state index contributed by atoms with van der Waals surface area (Å²) in [7, 11) is 0. The van der Waals surface area contributed by atoms with Crippen LogP contribution in [-0.2, 0) is 6.42 Å². The van der Waals surface area contributed by atoms with Gasteiger partial charge in [-0.2, -0.15) is 0 Å². The number of hydrogen-bond acceptors (Lipinski definition) is 1. The highest BCUT2D eigenvalue weighted by Crippen LogP contribution is 2.23. The number of aryl methyl sites for hydroxylation is 1. The third-order valence-corrected chi connectivity index (χ3v) is 2.96. The molecule has 1 N–H and O–H groups in total. The van der Waals surface area contributed by atoms with Gasteiger partial charge in [-0.15, -0.1) is 0 Å². The summed E-state index contributed by atoms with van der Waals surface area (Å²) in [5.41, 5.74) is 4.02. The molecule has 0 fully saturated rings. The molecule has 0 aliphatic rings. The minimum Gasteiger partial charge on any atom is -0.396 e. The predicted molar refractivity (Wildman–Crippen MR) is 65.4 cm³/mol. The van der Waals surface area contributed by atoms with Crippen LogP contribution in [0, 0.1) is 0 Å². The van der Waals surface area contributed by atoms with Crippen molar-refractivity contribution >= 4 is 0 Å². The second kappa shape index (κ2) is 5.32. The van der Waals surface area contributed by atoms with Crippen LogP contribution in [0.25, 0.3) is 0 Å². The topological polar surface area (TPSA) is 20.2 Å². The number of aliphatic hydroxyl groups excluding tert-OH is 1. The number of benzene rings is 1. The first-order valence-corrected chi connectivity index (χ1v) is 5.83. The lowest BCUT2D eigenvalue weighted by molar-refractivity contribution is 0.273. The molecule has 1 heteroatoms. The monoisotopic (exact) mass is 206 g/mol. The molecule has 0 spiro atoms. The molecular formula is C14H22O. The molecule has 0 radical (unpaired) electrons. The summed E-state index contributed by atoms with van der Waals surface area (Å²) in [6.07, 6.45) is 1.06. The Morgan fingerprint density at radius 2 is 1.67 bits per heavy atom. The summed E-state index contributed by atoms with van der Waals surface area (Å²) in [5.74, 6) is 0.801. The van der Waals surface area contributed by atoms with Gasteiger partial charge >= 0.3 is 0 Å². The molecular weight excluding hydrogens is 184 g/mol. The van der Waals surface area contributed by atoms with Crippen molar-refractivity contribution in [3.8, 4) is 0 Å². The first kappa shape index (κ1) is 12.3. The molecule has 0 heterocycles. The predicted octanol–water partition coefficient (Wildman–Crippen LogP) is 3.47. The van der Waals surface area contributed by atoms with E-state index in [-0.39, 0.29) is 12.5 Å². The molecule has 1 aromatic carbocycles. The summed E-state index contributed by atoms with van der Waals surface area (Å²) in [4.78, 5) is 0. The molecule has 0 aromatic heterocycles. The average molecular weight is 206 g/mol. The zero-order valence-corrected chi connectivity index (χ0v) is 10.2. The van der Waals surface area contributed by atoms with Crippen molar-refractivity contribution in [3.05, 3.63) is 34.9 Å². The van der Waals surface area contributed by atoms with Crippen LogP contribution in [0.1, 0.15) is 56.2 Å². The quantitative estimate of drug-likeness (QED) is 0.799. The Bertz CT molecular complexity index is 315. The van der Waals surface area contributed by atoms with E-state index < -0.39 is 0 Å². The van der Waals surface area contributed by atoms with E-state index in [1.165, 1.54) is 16.7 Å². The third kappa shape index (κ3) is 3.07. The van der Waals surface area contributed by atoms with Crippen LogP contribution in [0.4, 0.5) is 0 Å². The van der Waals surface area contributed by atoms with Crippen LogP contribution in [-0.4, -0.2) is 11.7 Å². The van der Waals surface area contributed by atoms with Crippen molar-refractivity contribution < 1.29 is 5.11 Å². The fraction of sp³-hybridized carbons (Fsp3) is 0.571. The van der Waals surface area contributed by atoms with Crippen LogP contribution in [0.5, 0.6) is 0 Å². The average Bonchev–Trinajstić information content (AvgIpc) is 2.27. The van der Waals surface area contributed by atoms with Crippen molar-refractivity contribution in [3.63, 3.8) is 0 Å². The van der Waals surface area contributed by atoms with Crippen LogP contribution in [0.2, 0.25) is 0 Å². The van der Waals surface area contributed by atoms with Gasteiger partial charge in [-0.3, -0.25) is 0 Å². The lowest BCUT2D eigenvalue weighted by atomic mass is 9.92. The maximum atomic E-state index is 9.18. The van der Waals surface area contributed by atoms with E-state index in [2.05, 4.69) is 45.9 Å². The van der Waals surface area contributed by atoms with Gasteiger partial charge in [-0.25, -0.2) is 0 Å². The SMILES string of the molecule is CCc1cc(C(C)C)cc(C(C)CO)c1. The second-order valence-electron chi connectivity index (χ2n) is 4.60. The minimum atomic E-state index is 0.227. The van der Waals surface area contributed by atoms with E-state index in [1.54, 1.807) is 0 Å². The molecule has 0 saturated heterocycles. The zero-order chi connectivity index (χ0) is 11.4. The molecule has 0 amide bonds. The van der Waals surface area contributed by atoms with E-state index in [0.29, 0.717) is 5.92 Å². The van der Waals surface area contributed by atoms with Gasteiger partial charge < -0.3 is 5.11 Å². The molecule has 1 aromatic rings. The smallest absolute Gasteiger partial charge is 0.0497 e. The van der Waals surface area contributed by atoms with Gasteiger partial charge in [0.15, 0.2) is 0 Å². The molecule has 0 saturated carbocycles. The lowest BCUT2D eigenvalue weighted by Gasteiger charge is -2.14. The Morgan fingerprint density at radius 1 is 1.07 bits per heavy atom. The lowest BCUT2D eigenvalue weighted by Crippen LogP contribution is -2.02. The molecule has 1 nitrogen and oxygen atoms in total. The van der Waals surface area contributed by atoms with Gasteiger partial charge in [0.2, 0.25) is 0 Å². The van der Waals surface area contributed by atoms with Gasteiger partial charge in [-0.05, 0) is 29.0 Å². The Hall–Kier alpha value is -0.820. The van der Waals surface area contributed by atoms with E-state index in [4.69, 9.17) is 0 Å². The van der Waals surface area contributed by atoms with Crippen molar-refractivity contribution in [1.29, 1.82) is 0 Å².